The molecular formula is C9H7BrF3NO2. The van der Waals surface area contributed by atoms with Gasteiger partial charge in [0.1, 0.15) is 0 Å². The van der Waals surface area contributed by atoms with Gasteiger partial charge in [0, 0.05) is 10.2 Å². The molecule has 0 aliphatic heterocycles. The van der Waals surface area contributed by atoms with Crippen LogP contribution in [0.1, 0.15) is 15.9 Å². The Morgan fingerprint density at radius 1 is 1.44 bits per heavy atom. The number of rotatable bonds is 1. The smallest absolute Gasteiger partial charge is 0.417 e. The van der Waals surface area contributed by atoms with Crippen LogP contribution < -0.4 is 5.73 Å². The molecule has 3 nitrogen and oxygen atoms in total. The summed E-state index contributed by atoms with van der Waals surface area (Å²) in [6, 6.07) is 1.68. The minimum Gasteiger partial charge on any atom is -0.465 e. The zero-order valence-corrected chi connectivity index (χ0v) is 9.65. The Hall–Kier alpha value is -1.24. The van der Waals surface area contributed by atoms with Crippen LogP contribution in [0.3, 0.4) is 0 Å². The predicted molar refractivity (Wildman–Crippen MR) is 54.9 cm³/mol. The summed E-state index contributed by atoms with van der Waals surface area (Å²) in [6.45, 7) is 0. The summed E-state index contributed by atoms with van der Waals surface area (Å²) in [5, 5.41) is 0. The summed E-state index contributed by atoms with van der Waals surface area (Å²) in [6.07, 6.45) is -4.56. The zero-order valence-electron chi connectivity index (χ0n) is 8.06. The Kier molecular flexibility index (Phi) is 3.47. The van der Waals surface area contributed by atoms with Crippen molar-refractivity contribution in [1.29, 1.82) is 0 Å². The fourth-order valence-corrected chi connectivity index (χ4v) is 1.68. The highest BCUT2D eigenvalue weighted by Gasteiger charge is 2.34. The molecule has 0 radical (unpaired) electrons. The Balaban J connectivity index is 3.39. The summed E-state index contributed by atoms with van der Waals surface area (Å²) in [4.78, 5) is 11.1. The lowest BCUT2D eigenvalue weighted by atomic mass is 10.1. The molecule has 1 rings (SSSR count). The van der Waals surface area contributed by atoms with Gasteiger partial charge in [-0.25, -0.2) is 4.79 Å². The number of ether oxygens (including phenoxy) is 1. The van der Waals surface area contributed by atoms with Gasteiger partial charge in [0.15, 0.2) is 0 Å². The van der Waals surface area contributed by atoms with E-state index in [0.717, 1.165) is 13.2 Å². The first-order valence-corrected chi connectivity index (χ1v) is 4.81. The van der Waals surface area contributed by atoms with E-state index in [0.29, 0.717) is 6.07 Å². The maximum Gasteiger partial charge on any atom is 0.417 e. The number of hydrogen-bond acceptors (Lipinski definition) is 3. The lowest BCUT2D eigenvalue weighted by Crippen LogP contribution is -2.12. The van der Waals surface area contributed by atoms with E-state index in [-0.39, 0.29) is 15.7 Å². The van der Waals surface area contributed by atoms with Crippen molar-refractivity contribution in [3.05, 3.63) is 27.7 Å². The Morgan fingerprint density at radius 3 is 2.44 bits per heavy atom. The van der Waals surface area contributed by atoms with Crippen molar-refractivity contribution in [2.24, 2.45) is 0 Å². The molecule has 0 fully saturated rings. The van der Waals surface area contributed by atoms with Gasteiger partial charge in [0.2, 0.25) is 0 Å². The van der Waals surface area contributed by atoms with Crippen LogP contribution in [0.25, 0.3) is 0 Å². The average molecular weight is 298 g/mol. The fraction of sp³-hybridized carbons (Fsp3) is 0.222. The molecule has 16 heavy (non-hydrogen) atoms. The molecule has 88 valence electrons. The van der Waals surface area contributed by atoms with E-state index in [1.54, 1.807) is 0 Å². The Labute approximate surface area is 97.5 Å². The van der Waals surface area contributed by atoms with Crippen LogP contribution in [0, 0.1) is 0 Å². The molecule has 0 aliphatic carbocycles. The van der Waals surface area contributed by atoms with Crippen LogP contribution in [0.15, 0.2) is 16.6 Å². The molecule has 0 saturated heterocycles. The molecule has 0 amide bonds. The van der Waals surface area contributed by atoms with Crippen molar-refractivity contribution >= 4 is 27.6 Å². The van der Waals surface area contributed by atoms with E-state index in [9.17, 15) is 18.0 Å². The van der Waals surface area contributed by atoms with Gasteiger partial charge in [-0.05, 0) is 12.1 Å². The lowest BCUT2D eigenvalue weighted by Gasteiger charge is -2.12. The molecule has 0 aliphatic rings. The average Bonchev–Trinajstić information content (AvgIpc) is 2.14. The van der Waals surface area contributed by atoms with Gasteiger partial charge in [-0.2, -0.15) is 13.2 Å². The molecule has 0 unspecified atom stereocenters. The molecule has 1 aromatic carbocycles. The van der Waals surface area contributed by atoms with Gasteiger partial charge < -0.3 is 10.5 Å². The van der Waals surface area contributed by atoms with Crippen LogP contribution in [0.4, 0.5) is 18.9 Å². The third kappa shape index (κ3) is 2.46. The van der Waals surface area contributed by atoms with E-state index in [2.05, 4.69) is 20.7 Å². The number of esters is 1. The minimum absolute atomic E-state index is 0.0771. The summed E-state index contributed by atoms with van der Waals surface area (Å²) in [5.41, 5.74) is 4.06. The number of halogens is 4. The van der Waals surface area contributed by atoms with Crippen LogP contribution in [0.2, 0.25) is 0 Å². The normalized spacial score (nSPS) is 11.3. The molecule has 0 spiro atoms. The number of hydrogen-bond donors (Lipinski definition) is 1. The first-order valence-electron chi connectivity index (χ1n) is 4.02. The van der Waals surface area contributed by atoms with E-state index < -0.39 is 17.7 Å². The highest BCUT2D eigenvalue weighted by atomic mass is 79.9. The highest BCUT2D eigenvalue weighted by molar-refractivity contribution is 9.10. The molecule has 2 N–H and O–H groups in total. The Bertz CT molecular complexity index is 431. The van der Waals surface area contributed by atoms with Crippen LogP contribution in [-0.2, 0) is 10.9 Å². The van der Waals surface area contributed by atoms with Gasteiger partial charge >= 0.3 is 12.1 Å². The number of nitrogens with two attached hydrogens (primary N) is 1. The largest absolute Gasteiger partial charge is 0.465 e. The fourth-order valence-electron chi connectivity index (χ4n) is 1.09. The third-order valence-corrected chi connectivity index (χ3v) is 2.51. The summed E-state index contributed by atoms with van der Waals surface area (Å²) < 4.78 is 41.6. The monoisotopic (exact) mass is 297 g/mol. The topological polar surface area (TPSA) is 52.3 Å². The quantitative estimate of drug-likeness (QED) is 0.640. The van der Waals surface area contributed by atoms with Crippen molar-refractivity contribution in [1.82, 2.24) is 0 Å². The second kappa shape index (κ2) is 4.32. The van der Waals surface area contributed by atoms with Crippen LogP contribution in [0.5, 0.6) is 0 Å². The SMILES string of the molecule is COC(=O)c1cc(C(F)(F)F)c(Br)cc1N. The van der Waals surface area contributed by atoms with E-state index in [1.165, 1.54) is 0 Å². The number of nitrogen functional groups attached to an aromatic ring is 1. The number of anilines is 1. The number of benzene rings is 1. The van der Waals surface area contributed by atoms with Crippen LogP contribution in [-0.4, -0.2) is 13.1 Å². The molecule has 0 heterocycles. The summed E-state index contributed by atoms with van der Waals surface area (Å²) in [5.74, 6) is -0.907. The maximum absolute atomic E-state index is 12.5. The van der Waals surface area contributed by atoms with Gasteiger partial charge in [0.25, 0.3) is 0 Å². The minimum atomic E-state index is -4.56. The molecule has 0 atom stereocenters. The van der Waals surface area contributed by atoms with E-state index in [4.69, 9.17) is 5.73 Å². The number of methoxy groups -OCH3 is 1. The second-order valence-corrected chi connectivity index (χ2v) is 3.76. The Morgan fingerprint density at radius 2 is 2.00 bits per heavy atom. The van der Waals surface area contributed by atoms with Crippen molar-refractivity contribution in [2.75, 3.05) is 12.8 Å². The molecule has 0 bridgehead atoms. The molecular weight excluding hydrogens is 291 g/mol. The van der Waals surface area contributed by atoms with Gasteiger partial charge in [0.05, 0.1) is 18.2 Å². The van der Waals surface area contributed by atoms with Crippen LogP contribution >= 0.6 is 15.9 Å². The number of alkyl halides is 3. The van der Waals surface area contributed by atoms with Crippen molar-refractivity contribution in [3.63, 3.8) is 0 Å². The summed E-state index contributed by atoms with van der Waals surface area (Å²) >= 11 is 2.74. The summed E-state index contributed by atoms with van der Waals surface area (Å²) in [7, 11) is 1.07. The first kappa shape index (κ1) is 12.8. The number of carbonyl (C=O) groups is 1. The molecule has 0 aromatic heterocycles. The van der Waals surface area contributed by atoms with Crippen molar-refractivity contribution < 1.29 is 22.7 Å². The maximum atomic E-state index is 12.5. The van der Waals surface area contributed by atoms with E-state index in [1.807, 2.05) is 0 Å². The first-order chi connectivity index (χ1) is 7.27. The molecule has 1 aromatic rings. The molecule has 7 heteroatoms. The van der Waals surface area contributed by atoms with Crippen molar-refractivity contribution in [2.45, 2.75) is 6.18 Å². The van der Waals surface area contributed by atoms with Gasteiger partial charge in [-0.15, -0.1) is 0 Å². The van der Waals surface area contributed by atoms with Gasteiger partial charge in [-0.3, -0.25) is 0 Å². The predicted octanol–water partition coefficient (Wildman–Crippen LogP) is 2.84. The van der Waals surface area contributed by atoms with Crippen molar-refractivity contribution in [3.8, 4) is 0 Å². The molecule has 0 saturated carbocycles. The van der Waals surface area contributed by atoms with E-state index >= 15 is 0 Å². The standard InChI is InChI=1S/C9H7BrF3NO2/c1-16-8(15)4-2-5(9(11,12)13)6(10)3-7(4)14/h2-3H,14H2,1H3. The third-order valence-electron chi connectivity index (χ3n) is 1.85. The second-order valence-electron chi connectivity index (χ2n) is 2.91. The lowest BCUT2D eigenvalue weighted by molar-refractivity contribution is -0.138. The zero-order chi connectivity index (χ0) is 12.5. The number of carbonyl (C=O) groups excluding carboxylic acids is 1. The van der Waals surface area contributed by atoms with Gasteiger partial charge in [-0.1, -0.05) is 15.9 Å². The highest BCUT2D eigenvalue weighted by Crippen LogP contribution is 2.37.